The van der Waals surface area contributed by atoms with Gasteiger partial charge >= 0.3 is 0 Å². The van der Waals surface area contributed by atoms with E-state index >= 15 is 0 Å². The van der Waals surface area contributed by atoms with Crippen molar-refractivity contribution in [2.75, 3.05) is 0 Å². The summed E-state index contributed by atoms with van der Waals surface area (Å²) in [7, 11) is 0. The van der Waals surface area contributed by atoms with Crippen molar-refractivity contribution >= 4 is 0 Å². The van der Waals surface area contributed by atoms with Gasteiger partial charge in [-0.2, -0.15) is 0 Å². The predicted octanol–water partition coefficient (Wildman–Crippen LogP) is 1.53. The molecule has 0 heterocycles. The van der Waals surface area contributed by atoms with Crippen LogP contribution in [-0.2, 0) is 0 Å². The molecule has 0 radical (unpaired) electrons. The first kappa shape index (κ1) is 7.63. The van der Waals surface area contributed by atoms with Crippen molar-refractivity contribution in [1.82, 2.24) is 0 Å². The fourth-order valence-corrected chi connectivity index (χ4v) is 1.16. The summed E-state index contributed by atoms with van der Waals surface area (Å²) in [5, 5.41) is 0. The van der Waals surface area contributed by atoms with E-state index in [0.29, 0.717) is 11.5 Å². The first-order valence-electron chi connectivity index (χ1n) is 3.88. The minimum Gasteiger partial charge on any atom is -0.327 e. The Balaban J connectivity index is 2.23. The molecule has 0 aliphatic heterocycles. The Kier molecular flexibility index (Phi) is 2.01. The number of hydrogen-bond donors (Lipinski definition) is 1. The van der Waals surface area contributed by atoms with Crippen LogP contribution in [0.25, 0.3) is 0 Å². The number of terminal acetylenes is 1. The highest BCUT2D eigenvalue weighted by Crippen LogP contribution is 2.48. The van der Waals surface area contributed by atoms with Crippen molar-refractivity contribution in [2.45, 2.75) is 38.6 Å². The Hall–Kier alpha value is -0.480. The van der Waals surface area contributed by atoms with Crippen molar-refractivity contribution in [1.29, 1.82) is 0 Å². The number of rotatable bonds is 3. The molecule has 1 aliphatic carbocycles. The Morgan fingerprint density at radius 2 is 2.30 bits per heavy atom. The molecule has 1 rings (SSSR count). The average Bonchev–Trinajstić information content (AvgIpc) is 2.64. The summed E-state index contributed by atoms with van der Waals surface area (Å²) in [5.41, 5.74) is 6.35. The molecule has 1 nitrogen and oxygen atoms in total. The van der Waals surface area contributed by atoms with Crippen molar-refractivity contribution in [2.24, 2.45) is 11.1 Å². The zero-order valence-corrected chi connectivity index (χ0v) is 6.56. The van der Waals surface area contributed by atoms with Gasteiger partial charge in [0, 0.05) is 12.5 Å². The van der Waals surface area contributed by atoms with Gasteiger partial charge in [-0.15, -0.1) is 12.3 Å². The van der Waals surface area contributed by atoms with Crippen molar-refractivity contribution in [3.05, 3.63) is 0 Å². The molecular formula is C9H15N. The van der Waals surface area contributed by atoms with E-state index in [2.05, 4.69) is 12.8 Å². The summed E-state index contributed by atoms with van der Waals surface area (Å²) < 4.78 is 0. The summed E-state index contributed by atoms with van der Waals surface area (Å²) >= 11 is 0. The monoisotopic (exact) mass is 137 g/mol. The number of nitrogens with two attached hydrogens (primary N) is 1. The first-order valence-corrected chi connectivity index (χ1v) is 3.88. The quantitative estimate of drug-likeness (QED) is 0.586. The molecule has 1 fully saturated rings. The molecule has 1 saturated carbocycles. The highest BCUT2D eigenvalue weighted by molar-refractivity contribution is 4.98. The molecule has 0 amide bonds. The van der Waals surface area contributed by atoms with Crippen LogP contribution < -0.4 is 5.73 Å². The lowest BCUT2D eigenvalue weighted by Crippen LogP contribution is -2.29. The summed E-state index contributed by atoms with van der Waals surface area (Å²) in [4.78, 5) is 0. The van der Waals surface area contributed by atoms with Gasteiger partial charge in [-0.1, -0.05) is 6.92 Å². The molecule has 1 atom stereocenters. The Morgan fingerprint density at radius 3 is 2.70 bits per heavy atom. The van der Waals surface area contributed by atoms with Gasteiger partial charge in [0.15, 0.2) is 0 Å². The molecule has 0 saturated heterocycles. The topological polar surface area (TPSA) is 26.0 Å². The Labute approximate surface area is 63.0 Å². The molecule has 0 bridgehead atoms. The summed E-state index contributed by atoms with van der Waals surface area (Å²) in [5.74, 6) is 2.62. The average molecular weight is 137 g/mol. The van der Waals surface area contributed by atoms with Gasteiger partial charge < -0.3 is 5.73 Å². The van der Waals surface area contributed by atoms with E-state index < -0.39 is 0 Å². The van der Waals surface area contributed by atoms with Crippen LogP contribution in [0.2, 0.25) is 0 Å². The van der Waals surface area contributed by atoms with E-state index in [1.165, 1.54) is 12.8 Å². The maximum atomic E-state index is 5.90. The second kappa shape index (κ2) is 2.64. The molecule has 0 aromatic rings. The van der Waals surface area contributed by atoms with E-state index in [1.54, 1.807) is 0 Å². The van der Waals surface area contributed by atoms with E-state index in [4.69, 9.17) is 12.2 Å². The van der Waals surface area contributed by atoms with Gasteiger partial charge in [0.25, 0.3) is 0 Å². The van der Waals surface area contributed by atoms with Crippen LogP contribution in [0.1, 0.15) is 32.6 Å². The molecule has 0 aromatic carbocycles. The normalized spacial score (nSPS) is 23.3. The van der Waals surface area contributed by atoms with E-state index in [-0.39, 0.29) is 0 Å². The SMILES string of the molecule is C#CCCC(N)C1(C)CC1. The molecular weight excluding hydrogens is 122 g/mol. The van der Waals surface area contributed by atoms with Gasteiger partial charge in [0.05, 0.1) is 0 Å². The van der Waals surface area contributed by atoms with Gasteiger partial charge in [-0.25, -0.2) is 0 Å². The van der Waals surface area contributed by atoms with Gasteiger partial charge in [0.1, 0.15) is 0 Å². The van der Waals surface area contributed by atoms with Gasteiger partial charge in [0.2, 0.25) is 0 Å². The standard InChI is InChI=1S/C9H15N/c1-3-4-5-8(10)9(2)6-7-9/h1,8H,4-7,10H2,2H3. The zero-order chi connectivity index (χ0) is 7.61. The van der Waals surface area contributed by atoms with Crippen LogP contribution in [0, 0.1) is 17.8 Å². The van der Waals surface area contributed by atoms with Crippen LogP contribution in [0.3, 0.4) is 0 Å². The first-order chi connectivity index (χ1) is 4.69. The summed E-state index contributed by atoms with van der Waals surface area (Å²) in [6.45, 7) is 2.24. The Bertz CT molecular complexity index is 151. The van der Waals surface area contributed by atoms with Crippen molar-refractivity contribution < 1.29 is 0 Å². The molecule has 0 spiro atoms. The molecule has 1 unspecified atom stereocenters. The highest BCUT2D eigenvalue weighted by Gasteiger charge is 2.42. The van der Waals surface area contributed by atoms with E-state index in [0.717, 1.165) is 12.8 Å². The lowest BCUT2D eigenvalue weighted by Gasteiger charge is -2.16. The van der Waals surface area contributed by atoms with Crippen LogP contribution in [0.4, 0.5) is 0 Å². The minimum absolute atomic E-state index is 0.337. The lowest BCUT2D eigenvalue weighted by atomic mass is 9.96. The fourth-order valence-electron chi connectivity index (χ4n) is 1.16. The third-order valence-corrected chi connectivity index (χ3v) is 2.53. The Morgan fingerprint density at radius 1 is 1.70 bits per heavy atom. The fraction of sp³-hybridized carbons (Fsp3) is 0.778. The van der Waals surface area contributed by atoms with Gasteiger partial charge in [-0.05, 0) is 24.7 Å². The molecule has 10 heavy (non-hydrogen) atoms. The second-order valence-electron chi connectivity index (χ2n) is 3.50. The van der Waals surface area contributed by atoms with E-state index in [9.17, 15) is 0 Å². The summed E-state index contributed by atoms with van der Waals surface area (Å²) in [6.07, 6.45) is 9.54. The lowest BCUT2D eigenvalue weighted by molar-refractivity contribution is 0.416. The van der Waals surface area contributed by atoms with Crippen LogP contribution in [-0.4, -0.2) is 6.04 Å². The maximum Gasteiger partial charge on any atom is 0.0102 e. The molecule has 1 heteroatoms. The smallest absolute Gasteiger partial charge is 0.0102 e. The third kappa shape index (κ3) is 1.52. The third-order valence-electron chi connectivity index (χ3n) is 2.53. The molecule has 2 N–H and O–H groups in total. The zero-order valence-electron chi connectivity index (χ0n) is 6.56. The van der Waals surface area contributed by atoms with E-state index in [1.807, 2.05) is 0 Å². The highest BCUT2D eigenvalue weighted by atomic mass is 14.7. The molecule has 1 aliphatic rings. The van der Waals surface area contributed by atoms with Crippen LogP contribution in [0.15, 0.2) is 0 Å². The maximum absolute atomic E-state index is 5.90. The number of hydrogen-bond acceptors (Lipinski definition) is 1. The van der Waals surface area contributed by atoms with Crippen molar-refractivity contribution in [3.63, 3.8) is 0 Å². The van der Waals surface area contributed by atoms with Crippen LogP contribution in [0.5, 0.6) is 0 Å². The summed E-state index contributed by atoms with van der Waals surface area (Å²) in [6, 6.07) is 0.337. The molecule has 56 valence electrons. The second-order valence-corrected chi connectivity index (χ2v) is 3.50. The predicted molar refractivity (Wildman–Crippen MR) is 43.4 cm³/mol. The largest absolute Gasteiger partial charge is 0.327 e. The molecule has 0 aromatic heterocycles. The van der Waals surface area contributed by atoms with Gasteiger partial charge in [-0.3, -0.25) is 0 Å². The minimum atomic E-state index is 0.337. The van der Waals surface area contributed by atoms with Crippen LogP contribution >= 0.6 is 0 Å². The van der Waals surface area contributed by atoms with Crippen molar-refractivity contribution in [3.8, 4) is 12.3 Å².